The van der Waals surface area contributed by atoms with E-state index in [1.54, 1.807) is 30.3 Å². The molecular weight excluding hydrogens is 408 g/mol. The normalized spacial score (nSPS) is 19.6. The van der Waals surface area contributed by atoms with Gasteiger partial charge in [-0.15, -0.1) is 0 Å². The van der Waals surface area contributed by atoms with Gasteiger partial charge in [-0.1, -0.05) is 48.4 Å². The first-order valence-electron chi connectivity index (χ1n) is 10.0. The quantitative estimate of drug-likeness (QED) is 0.782. The van der Waals surface area contributed by atoms with E-state index in [0.29, 0.717) is 31.0 Å². The summed E-state index contributed by atoms with van der Waals surface area (Å²) in [4.78, 5) is 15.5. The van der Waals surface area contributed by atoms with Crippen molar-refractivity contribution in [1.29, 1.82) is 0 Å². The Morgan fingerprint density at radius 2 is 1.62 bits per heavy atom. The average molecular weight is 433 g/mol. The molecule has 0 bridgehead atoms. The van der Waals surface area contributed by atoms with Crippen LogP contribution in [0.1, 0.15) is 37.7 Å². The van der Waals surface area contributed by atoms with Crippen LogP contribution < -0.4 is 4.72 Å². The number of likely N-dealkylation sites (tertiary alicyclic amines) is 1. The number of carbonyl (C=O) groups excluding carboxylic acids is 1. The van der Waals surface area contributed by atoms with Gasteiger partial charge in [0, 0.05) is 24.2 Å². The smallest absolute Gasteiger partial charge is 0.240 e. The number of hydrogen-bond acceptors (Lipinski definition) is 3. The lowest BCUT2D eigenvalue weighted by molar-refractivity contribution is -0.142. The van der Waals surface area contributed by atoms with Gasteiger partial charge >= 0.3 is 0 Å². The van der Waals surface area contributed by atoms with Gasteiger partial charge in [0.2, 0.25) is 15.9 Å². The van der Waals surface area contributed by atoms with Crippen LogP contribution in [0.25, 0.3) is 0 Å². The van der Waals surface area contributed by atoms with Crippen molar-refractivity contribution in [2.24, 2.45) is 0 Å². The summed E-state index contributed by atoms with van der Waals surface area (Å²) in [5.41, 5.74) is 0.589. The molecule has 0 aromatic heterocycles. The second-order valence-electron chi connectivity index (χ2n) is 7.94. The van der Waals surface area contributed by atoms with Crippen molar-refractivity contribution >= 4 is 27.5 Å². The highest BCUT2D eigenvalue weighted by atomic mass is 35.5. The Morgan fingerprint density at radius 1 is 1.00 bits per heavy atom. The predicted octanol–water partition coefficient (Wildman–Crippen LogP) is 3.73. The van der Waals surface area contributed by atoms with Crippen LogP contribution >= 0.6 is 11.6 Å². The number of rotatable bonds is 5. The van der Waals surface area contributed by atoms with Gasteiger partial charge in [0.1, 0.15) is 0 Å². The van der Waals surface area contributed by atoms with Crippen molar-refractivity contribution in [3.63, 3.8) is 0 Å². The van der Waals surface area contributed by atoms with Gasteiger partial charge in [-0.3, -0.25) is 4.79 Å². The van der Waals surface area contributed by atoms with Crippen LogP contribution in [0.5, 0.6) is 0 Å². The summed E-state index contributed by atoms with van der Waals surface area (Å²) in [5.74, 6) is 0.162. The maximum Gasteiger partial charge on any atom is 0.240 e. The van der Waals surface area contributed by atoms with E-state index in [1.165, 1.54) is 0 Å². The van der Waals surface area contributed by atoms with Crippen LogP contribution in [0.4, 0.5) is 0 Å². The zero-order chi connectivity index (χ0) is 20.5. The minimum Gasteiger partial charge on any atom is -0.342 e. The number of hydrogen-bond donors (Lipinski definition) is 1. The second kappa shape index (κ2) is 8.09. The molecule has 1 aliphatic heterocycles. The van der Waals surface area contributed by atoms with Crippen molar-refractivity contribution in [1.82, 2.24) is 9.62 Å². The average Bonchev–Trinajstić information content (AvgIpc) is 2.69. The lowest BCUT2D eigenvalue weighted by Crippen LogP contribution is -2.54. The molecule has 2 aromatic carbocycles. The van der Waals surface area contributed by atoms with Crippen LogP contribution in [0.3, 0.4) is 0 Å². The molecule has 2 fully saturated rings. The molecule has 1 saturated heterocycles. The molecule has 2 aromatic rings. The molecule has 1 heterocycles. The highest BCUT2D eigenvalue weighted by Gasteiger charge is 2.48. The molecule has 7 heteroatoms. The lowest BCUT2D eigenvalue weighted by Gasteiger charge is -2.45. The molecular formula is C22H25ClN2O3S. The van der Waals surface area contributed by atoms with Crippen molar-refractivity contribution in [3.8, 4) is 0 Å². The van der Waals surface area contributed by atoms with Crippen LogP contribution in [0.15, 0.2) is 59.5 Å². The standard InChI is InChI=1S/C22H25ClN2O3S/c23-18-9-7-17(8-10-18)22(13-4-14-22)21(26)25-15-11-19(12-16-25)24-29(27,28)20-5-2-1-3-6-20/h1-3,5-10,19,24H,4,11-16H2. The van der Waals surface area contributed by atoms with Gasteiger partial charge in [0.05, 0.1) is 10.3 Å². The third kappa shape index (κ3) is 4.06. The number of carbonyl (C=O) groups is 1. The summed E-state index contributed by atoms with van der Waals surface area (Å²) >= 11 is 6.01. The Labute approximate surface area is 177 Å². The summed E-state index contributed by atoms with van der Waals surface area (Å²) in [5, 5.41) is 0.669. The number of halogens is 1. The van der Waals surface area contributed by atoms with E-state index < -0.39 is 15.4 Å². The first-order valence-corrected chi connectivity index (χ1v) is 11.9. The third-order valence-corrected chi connectivity index (χ3v) is 7.96. The van der Waals surface area contributed by atoms with E-state index in [-0.39, 0.29) is 16.8 Å². The van der Waals surface area contributed by atoms with E-state index in [4.69, 9.17) is 11.6 Å². The molecule has 2 aliphatic rings. The fourth-order valence-corrected chi connectivity index (χ4v) is 5.77. The topological polar surface area (TPSA) is 66.5 Å². The molecule has 1 saturated carbocycles. The van der Waals surface area contributed by atoms with Crippen molar-refractivity contribution in [2.75, 3.05) is 13.1 Å². The van der Waals surface area contributed by atoms with Crippen molar-refractivity contribution < 1.29 is 13.2 Å². The molecule has 154 valence electrons. The molecule has 5 nitrogen and oxygen atoms in total. The highest BCUT2D eigenvalue weighted by molar-refractivity contribution is 7.89. The zero-order valence-electron chi connectivity index (χ0n) is 16.2. The van der Waals surface area contributed by atoms with E-state index in [0.717, 1.165) is 24.8 Å². The van der Waals surface area contributed by atoms with Gasteiger partial charge in [-0.2, -0.15) is 0 Å². The van der Waals surface area contributed by atoms with Crippen LogP contribution in [0, 0.1) is 0 Å². The minimum atomic E-state index is -3.53. The van der Waals surface area contributed by atoms with E-state index in [9.17, 15) is 13.2 Å². The maximum atomic E-state index is 13.4. The SMILES string of the molecule is O=C(N1CCC(NS(=O)(=O)c2ccccc2)CC1)C1(c2ccc(Cl)cc2)CCC1. The van der Waals surface area contributed by atoms with Gasteiger partial charge in [0.25, 0.3) is 0 Å². The number of nitrogens with one attached hydrogen (secondary N) is 1. The molecule has 0 radical (unpaired) electrons. The zero-order valence-corrected chi connectivity index (χ0v) is 17.8. The van der Waals surface area contributed by atoms with Crippen LogP contribution in [-0.2, 0) is 20.2 Å². The van der Waals surface area contributed by atoms with E-state index in [1.807, 2.05) is 29.2 Å². The minimum absolute atomic E-state index is 0.155. The van der Waals surface area contributed by atoms with Crippen molar-refractivity contribution in [2.45, 2.75) is 48.5 Å². The van der Waals surface area contributed by atoms with Gasteiger partial charge < -0.3 is 4.90 Å². The lowest BCUT2D eigenvalue weighted by atomic mass is 9.63. The molecule has 0 atom stereocenters. The number of piperidine rings is 1. The molecule has 0 unspecified atom stereocenters. The first-order chi connectivity index (χ1) is 13.9. The Kier molecular flexibility index (Phi) is 5.69. The summed E-state index contributed by atoms with van der Waals surface area (Å²) < 4.78 is 27.9. The number of amides is 1. The molecule has 4 rings (SSSR count). The first kappa shape index (κ1) is 20.4. The predicted molar refractivity (Wildman–Crippen MR) is 113 cm³/mol. The van der Waals surface area contributed by atoms with Crippen LogP contribution in [0.2, 0.25) is 5.02 Å². The molecule has 1 N–H and O–H groups in total. The van der Waals surface area contributed by atoms with Gasteiger partial charge in [-0.25, -0.2) is 13.1 Å². The Balaban J connectivity index is 1.40. The third-order valence-electron chi connectivity index (χ3n) is 6.17. The van der Waals surface area contributed by atoms with Crippen LogP contribution in [-0.4, -0.2) is 38.4 Å². The molecule has 1 amide bonds. The molecule has 29 heavy (non-hydrogen) atoms. The van der Waals surface area contributed by atoms with Gasteiger partial charge in [-0.05, 0) is 55.5 Å². The fourth-order valence-electron chi connectivity index (χ4n) is 4.32. The summed E-state index contributed by atoms with van der Waals surface area (Å²) in [7, 11) is -3.53. The highest BCUT2D eigenvalue weighted by Crippen LogP contribution is 2.45. The molecule has 0 spiro atoms. The summed E-state index contributed by atoms with van der Waals surface area (Å²) in [6.45, 7) is 1.13. The summed E-state index contributed by atoms with van der Waals surface area (Å²) in [6.07, 6.45) is 3.99. The maximum absolute atomic E-state index is 13.4. The van der Waals surface area contributed by atoms with Crippen molar-refractivity contribution in [3.05, 3.63) is 65.2 Å². The monoisotopic (exact) mass is 432 g/mol. The Bertz CT molecular complexity index is 965. The Hall–Kier alpha value is -1.89. The summed E-state index contributed by atoms with van der Waals surface area (Å²) in [6, 6.07) is 15.8. The number of sulfonamides is 1. The number of nitrogens with zero attached hydrogens (tertiary/aromatic N) is 1. The Morgan fingerprint density at radius 3 is 2.17 bits per heavy atom. The van der Waals surface area contributed by atoms with E-state index >= 15 is 0 Å². The molecule has 1 aliphatic carbocycles. The largest absolute Gasteiger partial charge is 0.342 e. The second-order valence-corrected chi connectivity index (χ2v) is 10.1. The van der Waals surface area contributed by atoms with Gasteiger partial charge in [0.15, 0.2) is 0 Å². The fraction of sp³-hybridized carbons (Fsp3) is 0.409. The number of benzene rings is 2. The van der Waals surface area contributed by atoms with E-state index in [2.05, 4.69) is 4.72 Å².